The average molecular weight is 281 g/mol. The Morgan fingerprint density at radius 2 is 2.10 bits per heavy atom. The van der Waals surface area contributed by atoms with E-state index in [1.165, 1.54) is 17.0 Å². The van der Waals surface area contributed by atoms with Crippen molar-refractivity contribution in [2.24, 2.45) is 0 Å². The molecule has 0 aromatic heterocycles. The second kappa shape index (κ2) is 5.03. The van der Waals surface area contributed by atoms with Gasteiger partial charge in [0.25, 0.3) is 5.91 Å². The lowest BCUT2D eigenvalue weighted by Gasteiger charge is -2.38. The first-order valence-electron chi connectivity index (χ1n) is 6.66. The number of piperidine rings is 1. The highest BCUT2D eigenvalue weighted by atomic mass is 19.1. The van der Waals surface area contributed by atoms with Gasteiger partial charge in [0.05, 0.1) is 19.8 Å². The van der Waals surface area contributed by atoms with Gasteiger partial charge in [0.1, 0.15) is 17.1 Å². The second-order valence-corrected chi connectivity index (χ2v) is 5.07. The number of hydrogen-bond donors (Lipinski definition) is 1. The molecular weight excluding hydrogens is 265 g/mol. The van der Waals surface area contributed by atoms with Crippen molar-refractivity contribution in [1.29, 1.82) is 0 Å². The predicted octanol–water partition coefficient (Wildman–Crippen LogP) is 1.51. The second-order valence-electron chi connectivity index (χ2n) is 5.07. The Bertz CT molecular complexity index is 508. The Balaban J connectivity index is 1.83. The molecule has 0 aliphatic carbocycles. The first-order chi connectivity index (χ1) is 9.61. The standard InChI is InChI=1S/C14H16FNO4/c15-10-3-1-4-11(17)12(10)13(18)16-6-2-5-14(9-16)19-7-8-20-14/h1,3-4,17H,2,5-9H2. The summed E-state index contributed by atoms with van der Waals surface area (Å²) in [4.78, 5) is 13.9. The predicted molar refractivity (Wildman–Crippen MR) is 67.8 cm³/mol. The van der Waals surface area contributed by atoms with Gasteiger partial charge in [0, 0.05) is 13.0 Å². The number of carbonyl (C=O) groups excluding carboxylic acids is 1. The maximum atomic E-state index is 13.8. The fraction of sp³-hybridized carbons (Fsp3) is 0.500. The molecule has 2 aliphatic heterocycles. The summed E-state index contributed by atoms with van der Waals surface area (Å²) in [6.07, 6.45) is 1.45. The zero-order chi connectivity index (χ0) is 14.2. The van der Waals surface area contributed by atoms with Crippen LogP contribution in [0.3, 0.4) is 0 Å². The third kappa shape index (κ3) is 2.25. The molecule has 0 unspecified atom stereocenters. The molecule has 20 heavy (non-hydrogen) atoms. The number of nitrogens with zero attached hydrogens (tertiary/aromatic N) is 1. The lowest BCUT2D eigenvalue weighted by atomic mass is 10.0. The van der Waals surface area contributed by atoms with Gasteiger partial charge in [-0.3, -0.25) is 4.79 Å². The number of carbonyl (C=O) groups is 1. The maximum Gasteiger partial charge on any atom is 0.260 e. The fourth-order valence-corrected chi connectivity index (χ4v) is 2.78. The highest BCUT2D eigenvalue weighted by molar-refractivity contribution is 5.97. The normalized spacial score (nSPS) is 21.4. The largest absolute Gasteiger partial charge is 0.507 e. The molecule has 1 aromatic rings. The minimum atomic E-state index is -0.755. The number of hydrogen-bond acceptors (Lipinski definition) is 4. The Morgan fingerprint density at radius 3 is 2.80 bits per heavy atom. The lowest BCUT2D eigenvalue weighted by Crippen LogP contribution is -2.51. The van der Waals surface area contributed by atoms with Gasteiger partial charge in [-0.15, -0.1) is 0 Å². The van der Waals surface area contributed by atoms with Gasteiger partial charge in [-0.05, 0) is 18.6 Å². The summed E-state index contributed by atoms with van der Waals surface area (Å²) in [5.74, 6) is -2.35. The summed E-state index contributed by atoms with van der Waals surface area (Å²) in [6.45, 7) is 1.78. The summed E-state index contributed by atoms with van der Waals surface area (Å²) in [5, 5.41) is 9.70. The summed E-state index contributed by atoms with van der Waals surface area (Å²) in [7, 11) is 0. The third-order valence-corrected chi connectivity index (χ3v) is 3.72. The van der Waals surface area contributed by atoms with Gasteiger partial charge in [-0.25, -0.2) is 4.39 Å². The van der Waals surface area contributed by atoms with Crippen molar-refractivity contribution >= 4 is 5.91 Å². The van der Waals surface area contributed by atoms with E-state index in [0.29, 0.717) is 19.8 Å². The number of amides is 1. The monoisotopic (exact) mass is 281 g/mol. The van der Waals surface area contributed by atoms with E-state index < -0.39 is 17.5 Å². The Kier molecular flexibility index (Phi) is 3.35. The van der Waals surface area contributed by atoms with Crippen LogP contribution in [0.15, 0.2) is 18.2 Å². The molecule has 108 valence electrons. The molecule has 2 heterocycles. The number of likely N-dealkylation sites (tertiary alicyclic amines) is 1. The topological polar surface area (TPSA) is 59.0 Å². The van der Waals surface area contributed by atoms with Crippen molar-refractivity contribution in [3.05, 3.63) is 29.6 Å². The van der Waals surface area contributed by atoms with Crippen LogP contribution in [0.4, 0.5) is 4.39 Å². The van der Waals surface area contributed by atoms with Crippen LogP contribution in [-0.4, -0.2) is 48.0 Å². The van der Waals surface area contributed by atoms with Crippen LogP contribution in [0.5, 0.6) is 5.75 Å². The van der Waals surface area contributed by atoms with E-state index in [1.807, 2.05) is 0 Å². The Morgan fingerprint density at radius 1 is 1.35 bits per heavy atom. The number of phenolic OH excluding ortho intramolecular Hbond substituents is 1. The van der Waals surface area contributed by atoms with Crippen LogP contribution in [-0.2, 0) is 9.47 Å². The lowest BCUT2D eigenvalue weighted by molar-refractivity contribution is -0.183. The van der Waals surface area contributed by atoms with Crippen molar-refractivity contribution in [1.82, 2.24) is 4.90 Å². The van der Waals surface area contributed by atoms with Gasteiger partial charge in [0.15, 0.2) is 5.79 Å². The van der Waals surface area contributed by atoms with Gasteiger partial charge >= 0.3 is 0 Å². The van der Waals surface area contributed by atoms with E-state index >= 15 is 0 Å². The minimum absolute atomic E-state index is 0.263. The van der Waals surface area contributed by atoms with Gasteiger partial charge in [-0.2, -0.15) is 0 Å². The van der Waals surface area contributed by atoms with Gasteiger partial charge in [0.2, 0.25) is 0 Å². The maximum absolute atomic E-state index is 13.8. The molecule has 0 atom stereocenters. The van der Waals surface area contributed by atoms with Crippen LogP contribution >= 0.6 is 0 Å². The minimum Gasteiger partial charge on any atom is -0.507 e. The fourth-order valence-electron chi connectivity index (χ4n) is 2.78. The quantitative estimate of drug-likeness (QED) is 0.847. The molecule has 3 rings (SSSR count). The van der Waals surface area contributed by atoms with Crippen molar-refractivity contribution < 1.29 is 23.8 Å². The van der Waals surface area contributed by atoms with Crippen LogP contribution < -0.4 is 0 Å². The molecule has 1 aromatic carbocycles. The number of aromatic hydroxyl groups is 1. The van der Waals surface area contributed by atoms with E-state index in [4.69, 9.17) is 9.47 Å². The number of ether oxygens (including phenoxy) is 2. The van der Waals surface area contributed by atoms with E-state index in [9.17, 15) is 14.3 Å². The van der Waals surface area contributed by atoms with E-state index in [2.05, 4.69) is 0 Å². The molecule has 2 aliphatic rings. The molecule has 6 heteroatoms. The van der Waals surface area contributed by atoms with Crippen molar-refractivity contribution in [2.45, 2.75) is 18.6 Å². The smallest absolute Gasteiger partial charge is 0.260 e. The zero-order valence-corrected chi connectivity index (χ0v) is 11.0. The van der Waals surface area contributed by atoms with E-state index in [-0.39, 0.29) is 17.9 Å². The molecule has 5 nitrogen and oxygen atoms in total. The van der Waals surface area contributed by atoms with Crippen LogP contribution in [0.1, 0.15) is 23.2 Å². The molecule has 1 spiro atoms. The summed E-state index contributed by atoms with van der Waals surface area (Å²) < 4.78 is 24.9. The highest BCUT2D eigenvalue weighted by Gasteiger charge is 2.42. The van der Waals surface area contributed by atoms with Crippen molar-refractivity contribution in [2.75, 3.05) is 26.3 Å². The number of halogens is 1. The number of benzene rings is 1. The molecule has 2 fully saturated rings. The first-order valence-corrected chi connectivity index (χ1v) is 6.66. The molecule has 0 saturated carbocycles. The number of phenols is 1. The van der Waals surface area contributed by atoms with Gasteiger partial charge in [-0.1, -0.05) is 6.07 Å². The average Bonchev–Trinajstić information content (AvgIpc) is 2.86. The summed E-state index contributed by atoms with van der Waals surface area (Å²) in [6, 6.07) is 3.83. The first kappa shape index (κ1) is 13.3. The van der Waals surface area contributed by atoms with Crippen LogP contribution in [0.2, 0.25) is 0 Å². The SMILES string of the molecule is O=C(c1c(O)cccc1F)N1CCCC2(C1)OCCO2. The van der Waals surface area contributed by atoms with Crippen LogP contribution in [0.25, 0.3) is 0 Å². The van der Waals surface area contributed by atoms with Crippen molar-refractivity contribution in [3.63, 3.8) is 0 Å². The van der Waals surface area contributed by atoms with Crippen LogP contribution in [0, 0.1) is 5.82 Å². The summed E-state index contributed by atoms with van der Waals surface area (Å²) in [5.41, 5.74) is -0.289. The summed E-state index contributed by atoms with van der Waals surface area (Å²) >= 11 is 0. The molecular formula is C14H16FNO4. The number of rotatable bonds is 1. The van der Waals surface area contributed by atoms with E-state index in [0.717, 1.165) is 18.9 Å². The zero-order valence-electron chi connectivity index (χ0n) is 11.0. The molecule has 2 saturated heterocycles. The van der Waals surface area contributed by atoms with Gasteiger partial charge < -0.3 is 19.5 Å². The molecule has 0 radical (unpaired) electrons. The highest BCUT2D eigenvalue weighted by Crippen LogP contribution is 2.32. The Labute approximate surface area is 115 Å². The van der Waals surface area contributed by atoms with Crippen molar-refractivity contribution in [3.8, 4) is 5.75 Å². The molecule has 1 N–H and O–H groups in total. The van der Waals surface area contributed by atoms with E-state index in [1.54, 1.807) is 0 Å². The Hall–Kier alpha value is -1.66. The third-order valence-electron chi connectivity index (χ3n) is 3.72. The molecule has 1 amide bonds. The molecule has 0 bridgehead atoms.